The van der Waals surface area contributed by atoms with Crippen LogP contribution in [0.3, 0.4) is 0 Å². The summed E-state index contributed by atoms with van der Waals surface area (Å²) in [5.74, 6) is 3.08. The fourth-order valence-electron chi connectivity index (χ4n) is 9.80. The summed E-state index contributed by atoms with van der Waals surface area (Å²) < 4.78 is 7.44. The lowest BCUT2D eigenvalue weighted by molar-refractivity contribution is -0.101. The van der Waals surface area contributed by atoms with E-state index in [1.165, 1.54) is 51.6 Å². The van der Waals surface area contributed by atoms with E-state index in [1.54, 1.807) is 41.5 Å². The molecule has 178 valence electrons. The van der Waals surface area contributed by atoms with Crippen LogP contribution >= 0.6 is 0 Å². The summed E-state index contributed by atoms with van der Waals surface area (Å²) >= 11 is 0. The summed E-state index contributed by atoms with van der Waals surface area (Å²) in [6, 6.07) is 8.03. The topological polar surface area (TPSA) is 50.6 Å². The Kier molecular flexibility index (Phi) is 3.90. The lowest BCUT2D eigenvalue weighted by Gasteiger charge is -2.66. The van der Waals surface area contributed by atoms with Gasteiger partial charge in [0.05, 0.1) is 7.11 Å². The first-order valence-electron chi connectivity index (χ1n) is 13.3. The number of methoxy groups -OCH3 is 1. The van der Waals surface area contributed by atoms with Crippen LogP contribution in [0.2, 0.25) is 0 Å². The van der Waals surface area contributed by atoms with Crippen molar-refractivity contribution >= 4 is 6.03 Å². The third kappa shape index (κ3) is 2.31. The van der Waals surface area contributed by atoms with Crippen LogP contribution in [0, 0.1) is 23.2 Å². The number of aromatic nitrogens is 2. The number of fused-ring (bicyclic) bond motifs is 1. The smallest absolute Gasteiger partial charge is 0.329 e. The maximum absolute atomic E-state index is 13.5. The van der Waals surface area contributed by atoms with Crippen LogP contribution in [0.1, 0.15) is 49.7 Å². The van der Waals surface area contributed by atoms with Crippen LogP contribution in [-0.4, -0.2) is 64.2 Å². The average molecular weight is 459 g/mol. The molecule has 4 bridgehead atoms. The van der Waals surface area contributed by atoms with Gasteiger partial charge < -0.3 is 9.64 Å². The molecule has 2 saturated heterocycles. The van der Waals surface area contributed by atoms with E-state index in [9.17, 15) is 4.79 Å². The predicted octanol–water partition coefficient (Wildman–Crippen LogP) is 3.94. The molecule has 6 aliphatic rings. The van der Waals surface area contributed by atoms with Gasteiger partial charge in [-0.05, 0) is 97.9 Å². The van der Waals surface area contributed by atoms with E-state index in [1.807, 2.05) is 0 Å². The summed E-state index contributed by atoms with van der Waals surface area (Å²) in [4.78, 5) is 22.8. The van der Waals surface area contributed by atoms with Gasteiger partial charge in [-0.15, -0.1) is 0 Å². The highest BCUT2D eigenvalue weighted by Gasteiger charge is 2.76. The van der Waals surface area contributed by atoms with Gasteiger partial charge in [-0.25, -0.2) is 9.78 Å². The van der Waals surface area contributed by atoms with Crippen molar-refractivity contribution < 1.29 is 9.53 Å². The molecule has 6 atom stereocenters. The number of rotatable bonds is 3. The second-order valence-corrected chi connectivity index (χ2v) is 12.1. The fraction of sp³-hybridized carbons (Fsp3) is 0.643. The predicted molar refractivity (Wildman–Crippen MR) is 128 cm³/mol. The Morgan fingerprint density at radius 1 is 1.24 bits per heavy atom. The molecule has 1 aromatic heterocycles. The van der Waals surface area contributed by atoms with Crippen molar-refractivity contribution in [1.29, 1.82) is 0 Å². The molecule has 3 heterocycles. The standard InChI is InChI=1S/C28H34N4O2/c1-34-21-5-4-19-12-24-27-7-6-23-25(20(14-27)16-32(23)26(33)31-11-9-29-17-31)28(27,22(19)13-21)8-10-30(24)15-18-2-3-18/h4-5,9,11,13,17-18,20,23-25H,2-3,6-8,10,12,14-16H2,1H3/t20-,23?,24?,25?,27?,28?/m1/s1. The minimum Gasteiger partial charge on any atom is -0.497 e. The van der Waals surface area contributed by atoms with Crippen molar-refractivity contribution in [2.24, 2.45) is 23.2 Å². The molecule has 6 nitrogen and oxygen atoms in total. The third-order valence-corrected chi connectivity index (χ3v) is 11.0. The van der Waals surface area contributed by atoms with E-state index in [0.29, 0.717) is 29.3 Å². The van der Waals surface area contributed by atoms with Crippen molar-refractivity contribution in [3.63, 3.8) is 0 Å². The number of benzene rings is 1. The molecule has 2 aromatic rings. The van der Waals surface area contributed by atoms with Gasteiger partial charge in [-0.1, -0.05) is 6.07 Å². The Hall–Kier alpha value is -2.34. The van der Waals surface area contributed by atoms with Gasteiger partial charge in [0.15, 0.2) is 0 Å². The molecule has 34 heavy (non-hydrogen) atoms. The Morgan fingerprint density at radius 2 is 2.15 bits per heavy atom. The van der Waals surface area contributed by atoms with Crippen LogP contribution in [0.4, 0.5) is 4.79 Å². The molecule has 0 N–H and O–H groups in total. The molecular formula is C28H34N4O2. The molecule has 0 radical (unpaired) electrons. The summed E-state index contributed by atoms with van der Waals surface area (Å²) in [5.41, 5.74) is 3.65. The highest BCUT2D eigenvalue weighted by atomic mass is 16.5. The van der Waals surface area contributed by atoms with Gasteiger partial charge in [-0.3, -0.25) is 9.47 Å². The molecule has 5 unspecified atom stereocenters. The van der Waals surface area contributed by atoms with E-state index in [2.05, 4.69) is 33.0 Å². The van der Waals surface area contributed by atoms with Gasteiger partial charge in [-0.2, -0.15) is 0 Å². The second kappa shape index (κ2) is 6.66. The van der Waals surface area contributed by atoms with Crippen LogP contribution < -0.4 is 4.74 Å². The van der Waals surface area contributed by atoms with Crippen LogP contribution in [0.5, 0.6) is 5.75 Å². The van der Waals surface area contributed by atoms with Crippen LogP contribution in [0.25, 0.3) is 0 Å². The summed E-state index contributed by atoms with van der Waals surface area (Å²) in [5, 5.41) is 0. The molecular weight excluding hydrogens is 424 g/mol. The third-order valence-electron chi connectivity index (χ3n) is 11.0. The molecule has 1 aromatic carbocycles. The fourth-order valence-corrected chi connectivity index (χ4v) is 9.80. The number of hydrogen-bond donors (Lipinski definition) is 0. The lowest BCUT2D eigenvalue weighted by Crippen LogP contribution is -2.70. The van der Waals surface area contributed by atoms with Gasteiger partial charge in [0, 0.05) is 43.0 Å². The lowest BCUT2D eigenvalue weighted by atomic mass is 9.43. The summed E-state index contributed by atoms with van der Waals surface area (Å²) in [7, 11) is 1.80. The summed E-state index contributed by atoms with van der Waals surface area (Å²) in [6.07, 6.45) is 14.1. The van der Waals surface area contributed by atoms with Gasteiger partial charge in [0.2, 0.25) is 0 Å². The second-order valence-electron chi connectivity index (χ2n) is 12.1. The number of nitrogens with zero attached hydrogens (tertiary/aromatic N) is 4. The van der Waals surface area contributed by atoms with E-state index in [-0.39, 0.29) is 11.4 Å². The molecule has 8 rings (SSSR count). The van der Waals surface area contributed by atoms with Crippen molar-refractivity contribution in [3.8, 4) is 5.75 Å². The number of amides is 1. The van der Waals surface area contributed by atoms with Crippen molar-refractivity contribution in [1.82, 2.24) is 19.4 Å². The molecule has 6 heteroatoms. The maximum Gasteiger partial charge on any atom is 0.329 e. The zero-order valence-corrected chi connectivity index (χ0v) is 20.0. The first-order chi connectivity index (χ1) is 16.6. The van der Waals surface area contributed by atoms with Gasteiger partial charge in [0.25, 0.3) is 0 Å². The zero-order valence-electron chi connectivity index (χ0n) is 20.0. The van der Waals surface area contributed by atoms with Crippen LogP contribution in [-0.2, 0) is 11.8 Å². The highest BCUT2D eigenvalue weighted by molar-refractivity contribution is 5.77. The monoisotopic (exact) mass is 458 g/mol. The molecule has 1 amide bonds. The highest BCUT2D eigenvalue weighted by Crippen LogP contribution is 2.75. The van der Waals surface area contributed by atoms with Gasteiger partial charge >= 0.3 is 6.03 Å². The van der Waals surface area contributed by atoms with Gasteiger partial charge in [0.1, 0.15) is 12.1 Å². The molecule has 3 saturated carbocycles. The van der Waals surface area contributed by atoms with E-state index in [4.69, 9.17) is 4.74 Å². The number of hydrogen-bond acceptors (Lipinski definition) is 4. The zero-order chi connectivity index (χ0) is 22.7. The van der Waals surface area contributed by atoms with Crippen molar-refractivity contribution in [3.05, 3.63) is 48.0 Å². The van der Waals surface area contributed by atoms with E-state index >= 15 is 0 Å². The Balaban J connectivity index is 1.27. The number of carbonyl (C=O) groups excluding carboxylic acids is 1. The Morgan fingerprint density at radius 3 is 2.94 bits per heavy atom. The quantitative estimate of drug-likeness (QED) is 0.699. The van der Waals surface area contributed by atoms with E-state index in [0.717, 1.165) is 24.6 Å². The minimum atomic E-state index is 0.116. The molecule has 0 spiro atoms. The number of imidazole rings is 1. The number of carbonyl (C=O) groups is 1. The summed E-state index contributed by atoms with van der Waals surface area (Å²) in [6.45, 7) is 3.42. The largest absolute Gasteiger partial charge is 0.497 e. The Bertz CT molecular complexity index is 1160. The van der Waals surface area contributed by atoms with Crippen molar-refractivity contribution in [2.45, 2.75) is 62.4 Å². The molecule has 2 aliphatic heterocycles. The van der Waals surface area contributed by atoms with Crippen LogP contribution in [0.15, 0.2) is 36.9 Å². The number of likely N-dealkylation sites (tertiary alicyclic amines) is 2. The molecule has 4 aliphatic carbocycles. The first-order valence-corrected chi connectivity index (χ1v) is 13.3. The SMILES string of the molecule is COc1ccc2c(c1)C13CCN(CC4CC4)C(C2)C12CCC1C3[C@@H](CN1C(=O)n1ccnc1)C2. The minimum absolute atomic E-state index is 0.116. The normalized spacial score (nSPS) is 39.6. The first kappa shape index (κ1) is 19.9. The maximum atomic E-state index is 13.5. The number of ether oxygens (including phenoxy) is 1. The average Bonchev–Trinajstić information content (AvgIpc) is 3.27. The number of piperidine rings is 1. The van der Waals surface area contributed by atoms with Crippen molar-refractivity contribution in [2.75, 3.05) is 26.7 Å². The Labute approximate surface area is 201 Å². The van der Waals surface area contributed by atoms with E-state index < -0.39 is 0 Å². The molecule has 5 fully saturated rings.